The van der Waals surface area contributed by atoms with Gasteiger partial charge in [0, 0.05) is 0 Å². The number of allylic oxidation sites excluding steroid dienone is 4. The predicted molar refractivity (Wildman–Crippen MR) is 137 cm³/mol. The fourth-order valence-corrected chi connectivity index (χ4v) is 7.53. The van der Waals surface area contributed by atoms with Crippen LogP contribution in [0.25, 0.3) is 47.1 Å². The average molecular weight is 572 g/mol. The first-order valence-corrected chi connectivity index (χ1v) is 13.5. The minimum absolute atomic E-state index is 0. The van der Waals surface area contributed by atoms with Crippen molar-refractivity contribution in [2.45, 2.75) is 38.5 Å². The number of halogens is 2. The van der Waals surface area contributed by atoms with Crippen LogP contribution in [-0.4, -0.2) is 0 Å². The molecular formula is C32H25Cl2Zr. The van der Waals surface area contributed by atoms with Gasteiger partial charge in [0.15, 0.2) is 0 Å². The molecule has 0 unspecified atom stereocenters. The van der Waals surface area contributed by atoms with Crippen LogP contribution in [0.4, 0.5) is 0 Å². The van der Waals surface area contributed by atoms with Crippen molar-refractivity contribution in [1.29, 1.82) is 0 Å². The molecule has 7 rings (SSSR count). The summed E-state index contributed by atoms with van der Waals surface area (Å²) in [5, 5.41) is 8.56. The van der Waals surface area contributed by atoms with E-state index in [1.807, 2.05) is 0 Å². The van der Waals surface area contributed by atoms with Gasteiger partial charge in [-0.05, 0) is 0 Å². The summed E-state index contributed by atoms with van der Waals surface area (Å²) >= 11 is 1.50. The zero-order chi connectivity index (χ0) is 21.9. The van der Waals surface area contributed by atoms with E-state index in [-0.39, 0.29) is 24.8 Å². The van der Waals surface area contributed by atoms with E-state index >= 15 is 0 Å². The molecule has 0 spiro atoms. The first-order chi connectivity index (χ1) is 16.3. The second-order valence-corrected chi connectivity index (χ2v) is 10.8. The molecule has 171 valence electrons. The molecule has 0 nitrogen and oxygen atoms in total. The molecule has 1 saturated carbocycles. The summed E-state index contributed by atoms with van der Waals surface area (Å²) in [6.07, 6.45) is 14.5. The van der Waals surface area contributed by atoms with Crippen LogP contribution in [0, 0.1) is 0 Å². The van der Waals surface area contributed by atoms with Crippen LogP contribution in [0.15, 0.2) is 78.9 Å². The fourth-order valence-electron chi connectivity index (χ4n) is 6.37. The van der Waals surface area contributed by atoms with Crippen LogP contribution in [0.5, 0.6) is 0 Å². The summed E-state index contributed by atoms with van der Waals surface area (Å²) in [4.78, 5) is 0. The molecule has 3 aliphatic carbocycles. The normalized spacial score (nSPS) is 16.1. The number of benzene rings is 4. The van der Waals surface area contributed by atoms with Gasteiger partial charge in [-0.1, -0.05) is 0 Å². The van der Waals surface area contributed by atoms with E-state index in [4.69, 9.17) is 0 Å². The van der Waals surface area contributed by atoms with Gasteiger partial charge >= 0.3 is 211 Å². The van der Waals surface area contributed by atoms with Crippen LogP contribution in [0.1, 0.15) is 49.7 Å². The van der Waals surface area contributed by atoms with Gasteiger partial charge in [0.05, 0.1) is 0 Å². The van der Waals surface area contributed by atoms with Crippen molar-refractivity contribution in [3.8, 4) is 11.1 Å². The van der Waals surface area contributed by atoms with E-state index in [0.717, 1.165) is 6.42 Å². The molecular weight excluding hydrogens is 546 g/mol. The maximum atomic E-state index is 2.47. The molecule has 0 heterocycles. The quantitative estimate of drug-likeness (QED) is 0.301. The zero-order valence-corrected chi connectivity index (χ0v) is 23.5. The van der Waals surface area contributed by atoms with Gasteiger partial charge in [-0.2, -0.15) is 0 Å². The molecule has 3 heteroatoms. The van der Waals surface area contributed by atoms with Crippen molar-refractivity contribution in [2.24, 2.45) is 0 Å². The van der Waals surface area contributed by atoms with Crippen molar-refractivity contribution in [1.82, 2.24) is 0 Å². The Morgan fingerprint density at radius 2 is 1.17 bits per heavy atom. The molecule has 0 aliphatic heterocycles. The molecule has 3 aliphatic rings. The summed E-state index contributed by atoms with van der Waals surface area (Å²) < 4.78 is 1.52. The van der Waals surface area contributed by atoms with E-state index in [9.17, 15) is 0 Å². The molecule has 0 aromatic heterocycles. The third kappa shape index (κ3) is 3.74. The third-order valence-electron chi connectivity index (χ3n) is 7.84. The van der Waals surface area contributed by atoms with Gasteiger partial charge in [-0.25, -0.2) is 0 Å². The Morgan fingerprint density at radius 3 is 1.80 bits per heavy atom. The van der Waals surface area contributed by atoms with E-state index in [1.54, 1.807) is 5.57 Å². The van der Waals surface area contributed by atoms with Gasteiger partial charge < -0.3 is 24.8 Å². The van der Waals surface area contributed by atoms with Crippen molar-refractivity contribution < 1.29 is 49.5 Å². The molecule has 0 atom stereocenters. The molecule has 1 fully saturated rings. The van der Waals surface area contributed by atoms with Crippen molar-refractivity contribution in [3.05, 3.63) is 100 Å². The van der Waals surface area contributed by atoms with E-state index in [0.29, 0.717) is 0 Å². The van der Waals surface area contributed by atoms with Gasteiger partial charge in [0.2, 0.25) is 0 Å². The topological polar surface area (TPSA) is 0 Å². The fraction of sp³-hybridized carbons (Fsp3) is 0.188. The van der Waals surface area contributed by atoms with E-state index in [2.05, 4.69) is 78.9 Å². The number of hydrogen-bond acceptors (Lipinski definition) is 0. The number of rotatable bonds is 1. The third-order valence-corrected chi connectivity index (χ3v) is 9.11. The Hall–Kier alpha value is -1.92. The molecule has 0 bridgehead atoms. The van der Waals surface area contributed by atoms with Gasteiger partial charge in [-0.15, -0.1) is 0 Å². The summed E-state index contributed by atoms with van der Waals surface area (Å²) in [6, 6.07) is 23.0. The Kier molecular flexibility index (Phi) is 6.97. The van der Waals surface area contributed by atoms with Crippen LogP contribution in [-0.2, 0) is 24.7 Å². The number of fused-ring (bicyclic) bond motifs is 8. The summed E-state index contributed by atoms with van der Waals surface area (Å²) in [7, 11) is 0. The molecule has 35 heavy (non-hydrogen) atoms. The van der Waals surface area contributed by atoms with Gasteiger partial charge in [0.25, 0.3) is 0 Å². The van der Waals surface area contributed by atoms with Crippen molar-refractivity contribution >= 4 is 36.0 Å². The second kappa shape index (κ2) is 9.86. The summed E-state index contributed by atoms with van der Waals surface area (Å²) in [5.74, 6) is 0. The molecule has 4 aromatic carbocycles. The van der Waals surface area contributed by atoms with Gasteiger partial charge in [0.1, 0.15) is 0 Å². The van der Waals surface area contributed by atoms with E-state index < -0.39 is 0 Å². The van der Waals surface area contributed by atoms with Crippen molar-refractivity contribution in [2.75, 3.05) is 0 Å². The van der Waals surface area contributed by atoms with E-state index in [1.165, 1.54) is 120 Å². The predicted octanol–water partition coefficient (Wildman–Crippen LogP) is 1.14. The molecule has 4 aromatic rings. The maximum absolute atomic E-state index is 2.47. The number of hydrogen-bond donors (Lipinski definition) is 0. The monoisotopic (exact) mass is 569 g/mol. The Bertz CT molecular complexity index is 1670. The van der Waals surface area contributed by atoms with Crippen LogP contribution in [0.2, 0.25) is 0 Å². The average Bonchev–Trinajstić information content (AvgIpc) is 3.51. The molecule has 0 amide bonds. The summed E-state index contributed by atoms with van der Waals surface area (Å²) in [5.41, 5.74) is 9.16. The minimum atomic E-state index is 0. The Morgan fingerprint density at radius 1 is 0.571 bits per heavy atom. The summed E-state index contributed by atoms with van der Waals surface area (Å²) in [6.45, 7) is 0. The van der Waals surface area contributed by atoms with Gasteiger partial charge in [-0.3, -0.25) is 0 Å². The standard InChI is InChI=1S/C32H25.2ClH.Zr/c1-2-10-21(11-3-1)24-19-18-23-20-29-27-16-7-6-14-25(27)26-15-8-9-17-28(26)32(29)31(23)30(24)22-12-4-5-13-22;;;/h4-9,12,14-19H,1-3,10-11,13H2;2*1H;/q;;;+2/p-2. The van der Waals surface area contributed by atoms with Crippen LogP contribution in [0.3, 0.4) is 0 Å². The SMILES string of the molecule is [Cl-].[Cl-].[Zr+2][C]1=c2ccc(=C3CCCCC3)c(C3=CC=CC3)c2-c2c1c1ccccc1c1ccccc21. The first-order valence-electron chi connectivity index (χ1n) is 12.2. The van der Waals surface area contributed by atoms with Crippen LogP contribution < -0.4 is 35.3 Å². The van der Waals surface area contributed by atoms with Crippen molar-refractivity contribution in [3.63, 3.8) is 0 Å². The Labute approximate surface area is 234 Å². The molecule has 0 N–H and O–H groups in total. The zero-order valence-electron chi connectivity index (χ0n) is 19.5. The first kappa shape index (κ1) is 24.8. The molecule has 0 radical (unpaired) electrons. The second-order valence-electron chi connectivity index (χ2n) is 9.62. The van der Waals surface area contributed by atoms with Crippen LogP contribution >= 0.6 is 0 Å². The Balaban J connectivity index is 0.00000127. The molecule has 0 saturated heterocycles.